The molecule has 14 heavy (non-hydrogen) atoms. The first-order chi connectivity index (χ1) is 6.72. The average molecular weight is 200 g/mol. The van der Waals surface area contributed by atoms with Crippen molar-refractivity contribution in [1.29, 1.82) is 0 Å². The van der Waals surface area contributed by atoms with Crippen molar-refractivity contribution in [3.05, 3.63) is 0 Å². The van der Waals surface area contributed by atoms with Crippen molar-refractivity contribution in [2.45, 2.75) is 13.3 Å². The molecule has 1 saturated heterocycles. The fourth-order valence-corrected chi connectivity index (χ4v) is 1.69. The number of piperazine rings is 1. The van der Waals surface area contributed by atoms with E-state index in [0.29, 0.717) is 6.42 Å². The van der Waals surface area contributed by atoms with Crippen LogP contribution in [0.25, 0.3) is 0 Å². The number of Topliss-reactive ketones (excluding diaryl/α,β-unsaturated/α-hetero) is 1. The SMILES string of the molecule is CC(=O)CCN1CCN(CCO)CC1. The minimum atomic E-state index is 0.243. The van der Waals surface area contributed by atoms with Gasteiger partial charge in [0.15, 0.2) is 0 Å². The normalized spacial score (nSPS) is 19.9. The molecule has 0 bridgehead atoms. The first kappa shape index (κ1) is 11.6. The third kappa shape index (κ3) is 4.17. The Morgan fingerprint density at radius 3 is 2.07 bits per heavy atom. The molecular weight excluding hydrogens is 180 g/mol. The van der Waals surface area contributed by atoms with Crippen molar-refractivity contribution in [1.82, 2.24) is 9.80 Å². The van der Waals surface area contributed by atoms with E-state index >= 15 is 0 Å². The molecule has 0 saturated carbocycles. The highest BCUT2D eigenvalue weighted by Gasteiger charge is 2.15. The van der Waals surface area contributed by atoms with Gasteiger partial charge in [0, 0.05) is 45.7 Å². The summed E-state index contributed by atoms with van der Waals surface area (Å²) in [4.78, 5) is 15.4. The number of carbonyl (C=O) groups is 1. The van der Waals surface area contributed by atoms with Gasteiger partial charge in [-0.15, -0.1) is 0 Å². The molecule has 4 nitrogen and oxygen atoms in total. The van der Waals surface area contributed by atoms with Crippen molar-refractivity contribution in [3.8, 4) is 0 Å². The molecule has 0 amide bonds. The van der Waals surface area contributed by atoms with Crippen LogP contribution in [-0.2, 0) is 4.79 Å². The van der Waals surface area contributed by atoms with Gasteiger partial charge in [0.05, 0.1) is 6.61 Å². The molecule has 0 aliphatic carbocycles. The van der Waals surface area contributed by atoms with Crippen LogP contribution < -0.4 is 0 Å². The van der Waals surface area contributed by atoms with Crippen molar-refractivity contribution in [3.63, 3.8) is 0 Å². The van der Waals surface area contributed by atoms with E-state index in [4.69, 9.17) is 5.11 Å². The van der Waals surface area contributed by atoms with Crippen molar-refractivity contribution in [2.75, 3.05) is 45.9 Å². The highest BCUT2D eigenvalue weighted by atomic mass is 16.3. The Kier molecular flexibility index (Phi) is 5.07. The largest absolute Gasteiger partial charge is 0.395 e. The van der Waals surface area contributed by atoms with Gasteiger partial charge in [-0.2, -0.15) is 0 Å². The molecule has 0 atom stereocenters. The molecule has 1 N–H and O–H groups in total. The van der Waals surface area contributed by atoms with Gasteiger partial charge >= 0.3 is 0 Å². The third-order valence-corrected chi connectivity index (χ3v) is 2.66. The van der Waals surface area contributed by atoms with Crippen LogP contribution in [0.5, 0.6) is 0 Å². The number of aliphatic hydroxyl groups is 1. The van der Waals surface area contributed by atoms with E-state index in [1.54, 1.807) is 6.92 Å². The van der Waals surface area contributed by atoms with E-state index in [0.717, 1.165) is 39.3 Å². The zero-order chi connectivity index (χ0) is 10.4. The maximum absolute atomic E-state index is 10.8. The Morgan fingerprint density at radius 2 is 1.64 bits per heavy atom. The van der Waals surface area contributed by atoms with Crippen LogP contribution in [-0.4, -0.2) is 66.6 Å². The summed E-state index contributed by atoms with van der Waals surface area (Å²) in [6.45, 7) is 7.62. The Hall–Kier alpha value is -0.450. The molecule has 0 unspecified atom stereocenters. The van der Waals surface area contributed by atoms with Crippen LogP contribution in [0.1, 0.15) is 13.3 Å². The lowest BCUT2D eigenvalue weighted by Crippen LogP contribution is -2.47. The van der Waals surface area contributed by atoms with E-state index in [1.807, 2.05) is 0 Å². The smallest absolute Gasteiger partial charge is 0.131 e. The van der Waals surface area contributed by atoms with Gasteiger partial charge in [-0.1, -0.05) is 0 Å². The Labute approximate surface area is 85.5 Å². The predicted octanol–water partition coefficient (Wildman–Crippen LogP) is -0.425. The fraction of sp³-hybridized carbons (Fsp3) is 0.900. The summed E-state index contributed by atoms with van der Waals surface area (Å²) >= 11 is 0. The summed E-state index contributed by atoms with van der Waals surface area (Å²) in [5, 5.41) is 8.76. The summed E-state index contributed by atoms with van der Waals surface area (Å²) in [6.07, 6.45) is 0.667. The van der Waals surface area contributed by atoms with Gasteiger partial charge in [-0.3, -0.25) is 9.69 Å². The number of nitrogens with zero attached hydrogens (tertiary/aromatic N) is 2. The number of rotatable bonds is 5. The van der Waals surface area contributed by atoms with Crippen LogP contribution in [0.3, 0.4) is 0 Å². The van der Waals surface area contributed by atoms with Crippen LogP contribution in [0.15, 0.2) is 0 Å². The molecular formula is C10H20N2O2. The van der Waals surface area contributed by atoms with E-state index in [9.17, 15) is 4.79 Å². The van der Waals surface area contributed by atoms with Gasteiger partial charge in [0.2, 0.25) is 0 Å². The van der Waals surface area contributed by atoms with Crippen LogP contribution >= 0.6 is 0 Å². The lowest BCUT2D eigenvalue weighted by atomic mass is 10.2. The highest BCUT2D eigenvalue weighted by Crippen LogP contribution is 2.01. The monoisotopic (exact) mass is 200 g/mol. The average Bonchev–Trinajstić information content (AvgIpc) is 2.17. The summed E-state index contributed by atoms with van der Waals surface area (Å²) in [6, 6.07) is 0. The second-order valence-electron chi connectivity index (χ2n) is 3.86. The first-order valence-corrected chi connectivity index (χ1v) is 5.27. The standard InChI is InChI=1S/C10H20N2O2/c1-10(14)2-3-11-4-6-12(7-5-11)8-9-13/h13H,2-9H2,1H3. The van der Waals surface area contributed by atoms with E-state index in [-0.39, 0.29) is 12.4 Å². The maximum Gasteiger partial charge on any atom is 0.131 e. The Morgan fingerprint density at radius 1 is 1.14 bits per heavy atom. The Balaban J connectivity index is 2.12. The fourth-order valence-electron chi connectivity index (χ4n) is 1.69. The number of carbonyl (C=O) groups excluding carboxylic acids is 1. The van der Waals surface area contributed by atoms with Crippen LogP contribution in [0, 0.1) is 0 Å². The van der Waals surface area contributed by atoms with Crippen molar-refractivity contribution >= 4 is 5.78 Å². The number of ketones is 1. The van der Waals surface area contributed by atoms with Gasteiger partial charge in [0.1, 0.15) is 5.78 Å². The maximum atomic E-state index is 10.8. The molecule has 1 aliphatic heterocycles. The topological polar surface area (TPSA) is 43.8 Å². The summed E-state index contributed by atoms with van der Waals surface area (Å²) in [5.74, 6) is 0.266. The lowest BCUT2D eigenvalue weighted by Gasteiger charge is -2.34. The summed E-state index contributed by atoms with van der Waals surface area (Å²) in [7, 11) is 0. The van der Waals surface area contributed by atoms with Crippen molar-refractivity contribution < 1.29 is 9.90 Å². The second kappa shape index (κ2) is 6.11. The van der Waals surface area contributed by atoms with E-state index in [1.165, 1.54) is 0 Å². The Bertz CT molecular complexity index is 177. The number of hydrogen-bond donors (Lipinski definition) is 1. The van der Waals surface area contributed by atoms with Gasteiger partial charge in [-0.05, 0) is 6.92 Å². The number of hydrogen-bond acceptors (Lipinski definition) is 4. The third-order valence-electron chi connectivity index (χ3n) is 2.66. The van der Waals surface area contributed by atoms with Gasteiger partial charge in [0.25, 0.3) is 0 Å². The predicted molar refractivity (Wildman–Crippen MR) is 55.3 cm³/mol. The van der Waals surface area contributed by atoms with Crippen molar-refractivity contribution in [2.24, 2.45) is 0 Å². The minimum Gasteiger partial charge on any atom is -0.395 e. The van der Waals surface area contributed by atoms with Crippen LogP contribution in [0.4, 0.5) is 0 Å². The molecule has 0 aromatic rings. The molecule has 1 rings (SSSR count). The number of aliphatic hydroxyl groups excluding tert-OH is 1. The minimum absolute atomic E-state index is 0.243. The lowest BCUT2D eigenvalue weighted by molar-refractivity contribution is -0.117. The second-order valence-corrected chi connectivity index (χ2v) is 3.86. The molecule has 0 radical (unpaired) electrons. The zero-order valence-electron chi connectivity index (χ0n) is 8.91. The molecule has 0 aromatic heterocycles. The quantitative estimate of drug-likeness (QED) is 0.654. The highest BCUT2D eigenvalue weighted by molar-refractivity contribution is 5.75. The molecule has 1 fully saturated rings. The molecule has 82 valence electrons. The molecule has 1 aliphatic rings. The number of β-amino-alcohol motifs (C(OH)–C–C–N with tert-alkyl or cyclic N) is 1. The van der Waals surface area contributed by atoms with E-state index < -0.39 is 0 Å². The van der Waals surface area contributed by atoms with E-state index in [2.05, 4.69) is 9.80 Å². The zero-order valence-corrected chi connectivity index (χ0v) is 8.91. The first-order valence-electron chi connectivity index (χ1n) is 5.27. The summed E-state index contributed by atoms with van der Waals surface area (Å²) < 4.78 is 0. The molecule has 0 aromatic carbocycles. The summed E-state index contributed by atoms with van der Waals surface area (Å²) in [5.41, 5.74) is 0. The molecule has 1 heterocycles. The molecule has 0 spiro atoms. The van der Waals surface area contributed by atoms with Gasteiger partial charge < -0.3 is 10.0 Å². The van der Waals surface area contributed by atoms with Gasteiger partial charge in [-0.25, -0.2) is 0 Å². The van der Waals surface area contributed by atoms with Crippen LogP contribution in [0.2, 0.25) is 0 Å². The molecule has 4 heteroatoms.